The number of hydrogen-bond acceptors (Lipinski definition) is 2. The Morgan fingerprint density at radius 1 is 1.50 bits per heavy atom. The zero-order valence-corrected chi connectivity index (χ0v) is 11.2. The van der Waals surface area contributed by atoms with Crippen LogP contribution in [0.3, 0.4) is 0 Å². The van der Waals surface area contributed by atoms with Crippen molar-refractivity contribution in [2.24, 2.45) is 5.92 Å². The molecule has 0 radical (unpaired) electrons. The Bertz CT molecular complexity index is 484. The third-order valence-electron chi connectivity index (χ3n) is 2.65. The summed E-state index contributed by atoms with van der Waals surface area (Å²) in [6.45, 7) is 10.3. The first-order chi connectivity index (χ1) is 8.43. The molecule has 0 atom stereocenters. The number of nitrogens with one attached hydrogen (secondary N) is 1. The number of rotatable bonds is 5. The highest BCUT2D eigenvalue weighted by atomic mass is 19.1. The van der Waals surface area contributed by atoms with Gasteiger partial charge in [-0.15, -0.1) is 0 Å². The van der Waals surface area contributed by atoms with Crippen molar-refractivity contribution in [2.45, 2.75) is 27.2 Å². The predicted molar refractivity (Wildman–Crippen MR) is 72.9 cm³/mol. The van der Waals surface area contributed by atoms with Gasteiger partial charge in [-0.05, 0) is 30.0 Å². The van der Waals surface area contributed by atoms with Gasteiger partial charge in [0, 0.05) is 24.2 Å². The van der Waals surface area contributed by atoms with E-state index >= 15 is 0 Å². The van der Waals surface area contributed by atoms with Crippen molar-refractivity contribution in [1.29, 1.82) is 5.26 Å². The van der Waals surface area contributed by atoms with Gasteiger partial charge in [0.15, 0.2) is 0 Å². The molecule has 1 N–H and O–H groups in total. The molecule has 0 aliphatic heterocycles. The minimum absolute atomic E-state index is 0.229. The Morgan fingerprint density at radius 2 is 2.17 bits per heavy atom. The van der Waals surface area contributed by atoms with Crippen molar-refractivity contribution in [2.75, 3.05) is 11.9 Å². The van der Waals surface area contributed by atoms with Crippen molar-refractivity contribution in [3.8, 4) is 6.07 Å². The third kappa shape index (κ3) is 3.89. The Labute approximate surface area is 108 Å². The van der Waals surface area contributed by atoms with Gasteiger partial charge in [-0.25, -0.2) is 4.39 Å². The lowest BCUT2D eigenvalue weighted by molar-refractivity contribution is 0.617. The van der Waals surface area contributed by atoms with Crippen molar-refractivity contribution >= 4 is 5.69 Å². The first kappa shape index (κ1) is 14.2. The summed E-state index contributed by atoms with van der Waals surface area (Å²) in [4.78, 5) is 0. The molecule has 0 spiro atoms. The molecule has 0 bridgehead atoms. The van der Waals surface area contributed by atoms with E-state index in [0.717, 1.165) is 17.8 Å². The summed E-state index contributed by atoms with van der Waals surface area (Å²) in [6.07, 6.45) is 0.456. The molecule has 0 saturated heterocycles. The van der Waals surface area contributed by atoms with Gasteiger partial charge in [-0.2, -0.15) is 5.26 Å². The first-order valence-electron chi connectivity index (χ1n) is 6.04. The maximum absolute atomic E-state index is 13.6. The Hall–Kier alpha value is -1.82. The average molecular weight is 246 g/mol. The van der Waals surface area contributed by atoms with Crippen molar-refractivity contribution < 1.29 is 4.39 Å². The van der Waals surface area contributed by atoms with Gasteiger partial charge in [0.2, 0.25) is 0 Å². The number of nitrogens with zero attached hydrogens (tertiary/aromatic N) is 1. The molecule has 0 heterocycles. The third-order valence-corrected chi connectivity index (χ3v) is 2.65. The number of nitriles is 1. The smallest absolute Gasteiger partial charge is 0.128 e. The van der Waals surface area contributed by atoms with Gasteiger partial charge < -0.3 is 5.32 Å². The molecule has 18 heavy (non-hydrogen) atoms. The second-order valence-electron chi connectivity index (χ2n) is 4.93. The fraction of sp³-hybridized carbons (Fsp3) is 0.400. The molecule has 0 aliphatic rings. The summed E-state index contributed by atoms with van der Waals surface area (Å²) in [6, 6.07) is 5.30. The molecule has 96 valence electrons. The lowest BCUT2D eigenvalue weighted by Gasteiger charge is -2.15. The van der Waals surface area contributed by atoms with Crippen LogP contribution < -0.4 is 5.32 Å². The van der Waals surface area contributed by atoms with Gasteiger partial charge in [0.1, 0.15) is 5.82 Å². The number of halogens is 1. The van der Waals surface area contributed by atoms with Crippen molar-refractivity contribution in [3.05, 3.63) is 41.2 Å². The number of anilines is 1. The topological polar surface area (TPSA) is 35.8 Å². The molecule has 0 aliphatic carbocycles. The van der Waals surface area contributed by atoms with E-state index in [1.165, 1.54) is 6.07 Å². The predicted octanol–water partition coefficient (Wildman–Crippen LogP) is 3.82. The zero-order chi connectivity index (χ0) is 13.7. The molecule has 0 amide bonds. The Morgan fingerprint density at radius 3 is 2.72 bits per heavy atom. The molecule has 1 aromatic carbocycles. The van der Waals surface area contributed by atoms with E-state index in [4.69, 9.17) is 5.26 Å². The molecule has 3 heteroatoms. The van der Waals surface area contributed by atoms with Gasteiger partial charge in [0.25, 0.3) is 0 Å². The lowest BCUT2D eigenvalue weighted by Crippen LogP contribution is -2.10. The monoisotopic (exact) mass is 246 g/mol. The number of aryl methyl sites for hydroxylation is 1. The van der Waals surface area contributed by atoms with Crippen LogP contribution in [0.1, 0.15) is 25.0 Å². The number of hydrogen-bond donors (Lipinski definition) is 1. The van der Waals surface area contributed by atoms with Crippen LogP contribution in [0.25, 0.3) is 0 Å². The molecule has 2 nitrogen and oxygen atoms in total. The molecular formula is C15H19FN2. The van der Waals surface area contributed by atoms with Crippen LogP contribution >= 0.6 is 0 Å². The lowest BCUT2D eigenvalue weighted by atomic mass is 10.0. The van der Waals surface area contributed by atoms with Crippen LogP contribution in [0, 0.1) is 30.0 Å². The van der Waals surface area contributed by atoms with Gasteiger partial charge in [0.05, 0.1) is 6.07 Å². The molecular weight excluding hydrogens is 227 g/mol. The maximum atomic E-state index is 13.6. The molecule has 0 unspecified atom stereocenters. The van der Waals surface area contributed by atoms with Crippen LogP contribution in [0.2, 0.25) is 0 Å². The minimum atomic E-state index is -0.229. The van der Waals surface area contributed by atoms with Crippen LogP contribution in [-0.4, -0.2) is 6.54 Å². The van der Waals surface area contributed by atoms with Gasteiger partial charge >= 0.3 is 0 Å². The summed E-state index contributed by atoms with van der Waals surface area (Å²) in [5, 5.41) is 12.0. The van der Waals surface area contributed by atoms with Crippen LogP contribution in [-0.2, 0) is 6.42 Å². The number of allylic oxidation sites excluding steroid dienone is 1. The molecule has 1 aromatic rings. The summed E-state index contributed by atoms with van der Waals surface area (Å²) in [5.41, 5.74) is 2.74. The van der Waals surface area contributed by atoms with Gasteiger partial charge in [-0.1, -0.05) is 26.5 Å². The second kappa shape index (κ2) is 6.20. The van der Waals surface area contributed by atoms with E-state index in [1.54, 1.807) is 13.0 Å². The normalized spacial score (nSPS) is 10.2. The molecule has 1 rings (SSSR count). The second-order valence-corrected chi connectivity index (χ2v) is 4.93. The van der Waals surface area contributed by atoms with E-state index in [2.05, 4.69) is 25.7 Å². The van der Waals surface area contributed by atoms with E-state index in [9.17, 15) is 4.39 Å². The van der Waals surface area contributed by atoms with Crippen LogP contribution in [0.4, 0.5) is 10.1 Å². The molecule has 0 saturated carbocycles. The fourth-order valence-corrected chi connectivity index (χ4v) is 1.64. The maximum Gasteiger partial charge on any atom is 0.128 e. The first-order valence-corrected chi connectivity index (χ1v) is 6.04. The summed E-state index contributed by atoms with van der Waals surface area (Å²) >= 11 is 0. The standard InChI is InChI=1S/C15H19FN2/c1-10(2)9-18-15-7-14(16)12(4)6-13(15)5-11(3)8-17/h6-7,10,18H,3,5,9H2,1-2,4H3. The largest absolute Gasteiger partial charge is 0.384 e. The highest BCUT2D eigenvalue weighted by Crippen LogP contribution is 2.23. The van der Waals surface area contributed by atoms with E-state index in [1.807, 2.05) is 6.07 Å². The van der Waals surface area contributed by atoms with E-state index in [0.29, 0.717) is 23.5 Å². The van der Waals surface area contributed by atoms with E-state index < -0.39 is 0 Å². The van der Waals surface area contributed by atoms with Crippen LogP contribution in [0.5, 0.6) is 0 Å². The molecule has 0 fully saturated rings. The minimum Gasteiger partial charge on any atom is -0.384 e. The summed E-state index contributed by atoms with van der Waals surface area (Å²) < 4.78 is 13.6. The SMILES string of the molecule is C=C(C#N)Cc1cc(C)c(F)cc1NCC(C)C. The quantitative estimate of drug-likeness (QED) is 0.801. The number of benzene rings is 1. The fourth-order valence-electron chi connectivity index (χ4n) is 1.64. The average Bonchev–Trinajstić information content (AvgIpc) is 2.31. The Kier molecular flexibility index (Phi) is 4.91. The highest BCUT2D eigenvalue weighted by molar-refractivity contribution is 5.55. The highest BCUT2D eigenvalue weighted by Gasteiger charge is 2.09. The molecule has 0 aromatic heterocycles. The zero-order valence-electron chi connectivity index (χ0n) is 11.2. The van der Waals surface area contributed by atoms with Crippen molar-refractivity contribution in [1.82, 2.24) is 0 Å². The van der Waals surface area contributed by atoms with Crippen LogP contribution in [0.15, 0.2) is 24.3 Å². The van der Waals surface area contributed by atoms with E-state index in [-0.39, 0.29) is 5.82 Å². The summed E-state index contributed by atoms with van der Waals surface area (Å²) in [7, 11) is 0. The van der Waals surface area contributed by atoms with Crippen molar-refractivity contribution in [3.63, 3.8) is 0 Å². The summed E-state index contributed by atoms with van der Waals surface area (Å²) in [5.74, 6) is 0.244. The van der Waals surface area contributed by atoms with Gasteiger partial charge in [-0.3, -0.25) is 0 Å². The Balaban J connectivity index is 3.01.